The Bertz CT molecular complexity index is 2640. The zero-order valence-electron chi connectivity index (χ0n) is 31.5. The maximum atomic E-state index is 5.76. The highest BCUT2D eigenvalue weighted by Gasteiger charge is 2.53. The van der Waals surface area contributed by atoms with Gasteiger partial charge in [0.15, 0.2) is 0 Å². The van der Waals surface area contributed by atoms with Crippen molar-refractivity contribution < 1.29 is 0 Å². The Morgan fingerprint density at radius 3 is 1.67 bits per heavy atom. The fourth-order valence-electron chi connectivity index (χ4n) is 9.85. The van der Waals surface area contributed by atoms with Crippen LogP contribution in [0.2, 0.25) is 0 Å². The minimum atomic E-state index is -0.369. The van der Waals surface area contributed by atoms with Crippen molar-refractivity contribution in [3.05, 3.63) is 232 Å². The summed E-state index contributed by atoms with van der Waals surface area (Å²) in [6.45, 7) is 13.6. The lowest BCUT2D eigenvalue weighted by molar-refractivity contribution is 0.563. The average molecular weight is 696 g/mol. The molecule has 3 aliphatic rings. The van der Waals surface area contributed by atoms with Crippen LogP contribution in [-0.4, -0.2) is 0 Å². The molecule has 10 rings (SSSR count). The third kappa shape index (κ3) is 4.78. The summed E-state index contributed by atoms with van der Waals surface area (Å²) in [4.78, 5) is 0. The SMILES string of the molecule is C=CC1=C(/C=C\c2ccc3c(c2)C2(c4ccccc4-3)c3ccccc3C(C)(C)c3ccccc32)c2ccccc2C1(C)C.Nc1cccc2ccccc12. The van der Waals surface area contributed by atoms with Gasteiger partial charge in [-0.3, -0.25) is 0 Å². The topological polar surface area (TPSA) is 26.0 Å². The molecule has 1 heteroatoms. The normalized spacial score (nSPS) is 16.2. The lowest BCUT2D eigenvalue weighted by Crippen LogP contribution is -2.40. The molecule has 1 spiro atoms. The molecule has 7 aromatic rings. The lowest BCUT2D eigenvalue weighted by atomic mass is 9.55. The van der Waals surface area contributed by atoms with Crippen LogP contribution in [-0.2, 0) is 16.2 Å². The molecule has 0 bridgehead atoms. The van der Waals surface area contributed by atoms with E-state index in [4.69, 9.17) is 5.73 Å². The van der Waals surface area contributed by atoms with E-state index in [1.165, 1.54) is 77.7 Å². The summed E-state index contributed by atoms with van der Waals surface area (Å²) in [5.41, 5.74) is 23.5. The summed E-state index contributed by atoms with van der Waals surface area (Å²) in [7, 11) is 0. The maximum Gasteiger partial charge on any atom is 0.0719 e. The van der Waals surface area contributed by atoms with E-state index >= 15 is 0 Å². The Kier molecular flexibility index (Phi) is 7.76. The van der Waals surface area contributed by atoms with Crippen molar-refractivity contribution in [3.63, 3.8) is 0 Å². The van der Waals surface area contributed by atoms with Crippen LogP contribution < -0.4 is 5.73 Å². The molecule has 0 heterocycles. The van der Waals surface area contributed by atoms with E-state index < -0.39 is 0 Å². The number of nitrogens with two attached hydrogens (primary N) is 1. The lowest BCUT2D eigenvalue weighted by Gasteiger charge is -2.46. The zero-order chi connectivity index (χ0) is 37.2. The molecule has 7 aromatic carbocycles. The molecule has 0 amide bonds. The maximum absolute atomic E-state index is 5.76. The molecule has 262 valence electrons. The molecule has 0 unspecified atom stereocenters. The number of rotatable bonds is 3. The predicted molar refractivity (Wildman–Crippen MR) is 230 cm³/mol. The van der Waals surface area contributed by atoms with Crippen LogP contribution >= 0.6 is 0 Å². The van der Waals surface area contributed by atoms with Gasteiger partial charge in [-0.2, -0.15) is 0 Å². The standard InChI is InChI=1S/C43H36.C10H9N/c1-6-33-31(29-15-7-9-17-34(29)41(33,2)3)25-23-28-24-26-32-30-16-8-10-18-35(30)43(40(32)27-28)38-21-13-11-19-36(38)42(4,5)37-20-12-14-22-39(37)43;11-10-7-3-5-8-4-1-2-6-9(8)10/h6-27H,1H2,2-5H3;1-7H,11H2/b25-23-;. The third-order valence-electron chi connectivity index (χ3n) is 12.4. The number of nitrogen functional groups attached to an aromatic ring is 1. The van der Waals surface area contributed by atoms with Crippen molar-refractivity contribution in [2.75, 3.05) is 5.73 Å². The summed E-state index contributed by atoms with van der Waals surface area (Å²) >= 11 is 0. The second-order valence-electron chi connectivity index (χ2n) is 15.9. The summed E-state index contributed by atoms with van der Waals surface area (Å²) in [5.74, 6) is 0. The molecule has 54 heavy (non-hydrogen) atoms. The second-order valence-corrected chi connectivity index (χ2v) is 15.9. The van der Waals surface area contributed by atoms with E-state index in [-0.39, 0.29) is 16.2 Å². The van der Waals surface area contributed by atoms with Crippen molar-refractivity contribution in [1.29, 1.82) is 0 Å². The van der Waals surface area contributed by atoms with E-state index in [1.54, 1.807) is 0 Å². The Labute approximate surface area is 319 Å². The second kappa shape index (κ2) is 12.5. The van der Waals surface area contributed by atoms with Crippen LogP contribution in [0.4, 0.5) is 5.69 Å². The van der Waals surface area contributed by atoms with Crippen LogP contribution in [0, 0.1) is 0 Å². The van der Waals surface area contributed by atoms with Crippen LogP contribution in [0.1, 0.15) is 77.8 Å². The first kappa shape index (κ1) is 33.6. The van der Waals surface area contributed by atoms with E-state index in [0.29, 0.717) is 0 Å². The zero-order valence-corrected chi connectivity index (χ0v) is 31.5. The summed E-state index contributed by atoms with van der Waals surface area (Å²) in [5, 5.41) is 2.34. The van der Waals surface area contributed by atoms with Gasteiger partial charge < -0.3 is 5.73 Å². The van der Waals surface area contributed by atoms with Gasteiger partial charge in [0, 0.05) is 21.9 Å². The van der Waals surface area contributed by atoms with E-state index in [2.05, 4.69) is 174 Å². The summed E-state index contributed by atoms with van der Waals surface area (Å²) in [6, 6.07) is 57.3. The Hall–Kier alpha value is -6.18. The first-order valence-corrected chi connectivity index (χ1v) is 19.0. The summed E-state index contributed by atoms with van der Waals surface area (Å²) < 4.78 is 0. The van der Waals surface area contributed by atoms with E-state index in [9.17, 15) is 0 Å². The molecule has 0 aliphatic heterocycles. The van der Waals surface area contributed by atoms with Crippen molar-refractivity contribution >= 4 is 28.1 Å². The van der Waals surface area contributed by atoms with Crippen molar-refractivity contribution in [2.24, 2.45) is 0 Å². The van der Waals surface area contributed by atoms with Crippen LogP contribution in [0.3, 0.4) is 0 Å². The number of fused-ring (bicyclic) bond motifs is 11. The Morgan fingerprint density at radius 1 is 0.463 bits per heavy atom. The molecule has 0 saturated carbocycles. The van der Waals surface area contributed by atoms with Gasteiger partial charge in [0.05, 0.1) is 5.41 Å². The van der Waals surface area contributed by atoms with Gasteiger partial charge in [0.25, 0.3) is 0 Å². The highest BCUT2D eigenvalue weighted by molar-refractivity contribution is 5.93. The first-order chi connectivity index (χ1) is 26.2. The molecule has 0 aromatic heterocycles. The fraction of sp³-hybridized carbons (Fsp3) is 0.132. The Morgan fingerprint density at radius 2 is 1.00 bits per heavy atom. The van der Waals surface area contributed by atoms with Gasteiger partial charge in [-0.05, 0) is 89.9 Å². The number of anilines is 1. The molecule has 3 aliphatic carbocycles. The van der Waals surface area contributed by atoms with E-state index in [0.717, 1.165) is 11.1 Å². The molecule has 0 fully saturated rings. The van der Waals surface area contributed by atoms with Crippen molar-refractivity contribution in [1.82, 2.24) is 0 Å². The van der Waals surface area contributed by atoms with Gasteiger partial charge in [-0.25, -0.2) is 0 Å². The molecular formula is C53H45N. The highest BCUT2D eigenvalue weighted by atomic mass is 14.6. The predicted octanol–water partition coefficient (Wildman–Crippen LogP) is 13.1. The smallest absolute Gasteiger partial charge is 0.0719 e. The molecule has 0 saturated heterocycles. The minimum Gasteiger partial charge on any atom is -0.398 e. The molecule has 0 radical (unpaired) electrons. The first-order valence-electron chi connectivity index (χ1n) is 19.0. The van der Waals surface area contributed by atoms with Crippen molar-refractivity contribution in [3.8, 4) is 11.1 Å². The van der Waals surface area contributed by atoms with Gasteiger partial charge >= 0.3 is 0 Å². The fourth-order valence-corrected chi connectivity index (χ4v) is 9.85. The Balaban J connectivity index is 0.000000299. The van der Waals surface area contributed by atoms with Crippen LogP contribution in [0.25, 0.3) is 33.5 Å². The molecule has 1 nitrogen and oxygen atoms in total. The monoisotopic (exact) mass is 695 g/mol. The summed E-state index contributed by atoms with van der Waals surface area (Å²) in [6.07, 6.45) is 6.66. The van der Waals surface area contributed by atoms with Crippen LogP contribution in [0.15, 0.2) is 182 Å². The van der Waals surface area contributed by atoms with Gasteiger partial charge in [0.2, 0.25) is 0 Å². The van der Waals surface area contributed by atoms with Crippen molar-refractivity contribution in [2.45, 2.75) is 43.9 Å². The van der Waals surface area contributed by atoms with Gasteiger partial charge in [-0.1, -0.05) is 198 Å². The third-order valence-corrected chi connectivity index (χ3v) is 12.4. The molecule has 2 N–H and O–H groups in total. The van der Waals surface area contributed by atoms with Gasteiger partial charge in [-0.15, -0.1) is 0 Å². The molecular weight excluding hydrogens is 651 g/mol. The largest absolute Gasteiger partial charge is 0.398 e. The average Bonchev–Trinajstić information content (AvgIpc) is 3.61. The minimum absolute atomic E-state index is 0.0655. The number of benzene rings is 7. The number of hydrogen-bond acceptors (Lipinski definition) is 1. The molecule has 0 atom stereocenters. The number of allylic oxidation sites excluding steroid dienone is 4. The highest BCUT2D eigenvalue weighted by Crippen LogP contribution is 2.62. The van der Waals surface area contributed by atoms with E-state index in [1.807, 2.05) is 36.4 Å². The quantitative estimate of drug-likeness (QED) is 0.183. The van der Waals surface area contributed by atoms with Crippen LogP contribution in [0.5, 0.6) is 0 Å². The van der Waals surface area contributed by atoms with Gasteiger partial charge in [0.1, 0.15) is 0 Å². The number of hydrogen-bond donors (Lipinski definition) is 1.